The van der Waals surface area contributed by atoms with Crippen LogP contribution in [0.4, 0.5) is 4.79 Å². The highest BCUT2D eigenvalue weighted by atomic mass is 32.2. The molecular weight excluding hydrogens is 282 g/mol. The summed E-state index contributed by atoms with van der Waals surface area (Å²) >= 11 is 0. The van der Waals surface area contributed by atoms with Crippen molar-refractivity contribution in [2.24, 2.45) is 0 Å². The van der Waals surface area contributed by atoms with E-state index in [9.17, 15) is 13.2 Å². The Labute approximate surface area is 118 Å². The highest BCUT2D eigenvalue weighted by Crippen LogP contribution is 2.20. The summed E-state index contributed by atoms with van der Waals surface area (Å²) in [6, 6.07) is 6.29. The number of nitrogens with zero attached hydrogens (tertiary/aromatic N) is 1. The van der Waals surface area contributed by atoms with E-state index in [1.807, 2.05) is 13.8 Å². The van der Waals surface area contributed by atoms with Gasteiger partial charge in [0.2, 0.25) is 6.29 Å². The zero-order valence-corrected chi connectivity index (χ0v) is 12.2. The molecule has 6 nitrogen and oxygen atoms in total. The Hall–Kier alpha value is -1.60. The van der Waals surface area contributed by atoms with Gasteiger partial charge in [0.25, 0.3) is 10.1 Å². The Morgan fingerprint density at radius 2 is 2.00 bits per heavy atom. The fourth-order valence-corrected chi connectivity index (χ4v) is 2.85. The van der Waals surface area contributed by atoms with Crippen LogP contribution in [0, 0.1) is 6.92 Å². The van der Waals surface area contributed by atoms with Crippen LogP contribution in [-0.2, 0) is 19.0 Å². The molecular formula is C13H17NO5S. The molecule has 0 saturated carbocycles. The Bertz CT molecular complexity index is 581. The first-order valence-corrected chi connectivity index (χ1v) is 7.78. The highest BCUT2D eigenvalue weighted by molar-refractivity contribution is 7.86. The molecule has 0 aromatic heterocycles. The number of hydrogen-bond donors (Lipinski definition) is 0. The van der Waals surface area contributed by atoms with Gasteiger partial charge in [-0.3, -0.25) is 0 Å². The van der Waals surface area contributed by atoms with Crippen molar-refractivity contribution in [3.05, 3.63) is 29.8 Å². The molecule has 1 unspecified atom stereocenters. The normalized spacial score (nSPS) is 19.2. The van der Waals surface area contributed by atoms with E-state index in [1.165, 1.54) is 17.0 Å². The smallest absolute Gasteiger partial charge is 0.412 e. The van der Waals surface area contributed by atoms with Crippen molar-refractivity contribution >= 4 is 16.2 Å². The molecule has 1 amide bonds. The molecule has 110 valence electrons. The molecule has 1 aromatic carbocycles. The van der Waals surface area contributed by atoms with Crippen LogP contribution < -0.4 is 0 Å². The Morgan fingerprint density at radius 3 is 2.60 bits per heavy atom. The highest BCUT2D eigenvalue weighted by Gasteiger charge is 2.35. The van der Waals surface area contributed by atoms with Crippen LogP contribution in [0.2, 0.25) is 0 Å². The van der Waals surface area contributed by atoms with E-state index in [-0.39, 0.29) is 11.4 Å². The first-order valence-electron chi connectivity index (χ1n) is 6.38. The number of hydrogen-bond acceptors (Lipinski definition) is 5. The van der Waals surface area contributed by atoms with Gasteiger partial charge in [-0.2, -0.15) is 8.42 Å². The van der Waals surface area contributed by atoms with E-state index in [1.54, 1.807) is 12.1 Å². The van der Waals surface area contributed by atoms with Gasteiger partial charge in [-0.1, -0.05) is 24.6 Å². The minimum absolute atomic E-state index is 0.0492. The molecule has 20 heavy (non-hydrogen) atoms. The lowest BCUT2D eigenvalue weighted by atomic mass is 10.2. The number of amides is 1. The van der Waals surface area contributed by atoms with E-state index < -0.39 is 22.5 Å². The monoisotopic (exact) mass is 299 g/mol. The average molecular weight is 299 g/mol. The van der Waals surface area contributed by atoms with Crippen LogP contribution in [0.1, 0.15) is 18.9 Å². The molecule has 0 N–H and O–H groups in total. The second-order valence-electron chi connectivity index (χ2n) is 4.62. The largest absolute Gasteiger partial charge is 0.416 e. The van der Waals surface area contributed by atoms with E-state index in [0.29, 0.717) is 6.54 Å². The number of carbonyl (C=O) groups excluding carboxylic acids is 1. The third kappa shape index (κ3) is 3.29. The predicted octanol–water partition coefficient (Wildman–Crippen LogP) is 1.89. The summed E-state index contributed by atoms with van der Waals surface area (Å²) in [5.74, 6) is 0. The summed E-state index contributed by atoms with van der Waals surface area (Å²) in [5.41, 5.74) is 0.949. The summed E-state index contributed by atoms with van der Waals surface area (Å²) in [4.78, 5) is 12.9. The van der Waals surface area contributed by atoms with Crippen LogP contribution in [0.3, 0.4) is 0 Å². The zero-order valence-electron chi connectivity index (χ0n) is 11.4. The Kier molecular flexibility index (Phi) is 4.29. The number of ether oxygens (including phenoxy) is 1. The first-order chi connectivity index (χ1) is 9.42. The summed E-state index contributed by atoms with van der Waals surface area (Å²) in [6.45, 7) is 4.42. The quantitative estimate of drug-likeness (QED) is 0.776. The van der Waals surface area contributed by atoms with Gasteiger partial charge in [0.15, 0.2) is 0 Å². The van der Waals surface area contributed by atoms with Gasteiger partial charge in [-0.15, -0.1) is 0 Å². The number of rotatable bonds is 5. The molecule has 0 spiro atoms. The molecule has 0 bridgehead atoms. The van der Waals surface area contributed by atoms with Gasteiger partial charge in [-0.05, 0) is 25.5 Å². The van der Waals surface area contributed by atoms with Crippen LogP contribution >= 0.6 is 0 Å². The van der Waals surface area contributed by atoms with Gasteiger partial charge < -0.3 is 9.64 Å². The molecule has 1 saturated heterocycles. The van der Waals surface area contributed by atoms with Gasteiger partial charge >= 0.3 is 6.09 Å². The molecule has 1 aliphatic heterocycles. The predicted molar refractivity (Wildman–Crippen MR) is 71.6 cm³/mol. The second kappa shape index (κ2) is 5.80. The van der Waals surface area contributed by atoms with Crippen molar-refractivity contribution in [1.29, 1.82) is 0 Å². The first kappa shape index (κ1) is 14.8. The van der Waals surface area contributed by atoms with Crippen molar-refractivity contribution in [3.8, 4) is 0 Å². The minimum Gasteiger partial charge on any atom is -0.416 e. The maximum Gasteiger partial charge on any atom is 0.412 e. The van der Waals surface area contributed by atoms with Crippen LogP contribution in [0.5, 0.6) is 0 Å². The average Bonchev–Trinajstić information content (AvgIpc) is 2.70. The van der Waals surface area contributed by atoms with Gasteiger partial charge in [0.1, 0.15) is 0 Å². The minimum atomic E-state index is -3.93. The summed E-state index contributed by atoms with van der Waals surface area (Å²) in [6.07, 6.45) is -0.858. The molecule has 0 aliphatic carbocycles. The van der Waals surface area contributed by atoms with E-state index in [4.69, 9.17) is 8.92 Å². The van der Waals surface area contributed by atoms with E-state index in [2.05, 4.69) is 0 Å². The van der Waals surface area contributed by atoms with Crippen molar-refractivity contribution in [2.75, 3.05) is 13.1 Å². The van der Waals surface area contributed by atoms with Crippen LogP contribution in [-0.4, -0.2) is 38.8 Å². The number of aryl methyl sites for hydroxylation is 1. The second-order valence-corrected chi connectivity index (χ2v) is 6.19. The number of carbonyl (C=O) groups is 1. The summed E-state index contributed by atoms with van der Waals surface area (Å²) in [5, 5.41) is 0. The molecule has 1 aliphatic rings. The lowest BCUT2D eigenvalue weighted by molar-refractivity contribution is 0.0105. The molecule has 1 fully saturated rings. The zero-order chi connectivity index (χ0) is 14.8. The lowest BCUT2D eigenvalue weighted by Crippen LogP contribution is -2.27. The third-order valence-corrected chi connectivity index (χ3v) is 4.21. The lowest BCUT2D eigenvalue weighted by Gasteiger charge is -2.11. The van der Waals surface area contributed by atoms with Gasteiger partial charge in [0.05, 0.1) is 11.4 Å². The van der Waals surface area contributed by atoms with Crippen LogP contribution in [0.25, 0.3) is 0 Å². The van der Waals surface area contributed by atoms with Crippen molar-refractivity contribution in [2.45, 2.75) is 31.5 Å². The Morgan fingerprint density at radius 1 is 1.35 bits per heavy atom. The molecule has 1 heterocycles. The Balaban J connectivity index is 2.06. The maximum atomic E-state index is 12.0. The molecule has 2 rings (SSSR count). The topological polar surface area (TPSA) is 72.9 Å². The SMILES string of the molecule is CCCN1CC(OS(=O)(=O)c2ccc(C)cc2)OC1=O. The van der Waals surface area contributed by atoms with Crippen molar-refractivity contribution in [1.82, 2.24) is 4.90 Å². The number of cyclic esters (lactones) is 1. The third-order valence-electron chi connectivity index (χ3n) is 2.90. The molecule has 1 aromatic rings. The van der Waals surface area contributed by atoms with Gasteiger partial charge in [-0.25, -0.2) is 8.98 Å². The van der Waals surface area contributed by atoms with E-state index >= 15 is 0 Å². The number of benzene rings is 1. The fraction of sp³-hybridized carbons (Fsp3) is 0.462. The van der Waals surface area contributed by atoms with Gasteiger partial charge in [0, 0.05) is 6.54 Å². The molecule has 1 atom stereocenters. The maximum absolute atomic E-state index is 12.0. The van der Waals surface area contributed by atoms with Crippen LogP contribution in [0.15, 0.2) is 29.2 Å². The molecule has 0 radical (unpaired) electrons. The summed E-state index contributed by atoms with van der Waals surface area (Å²) in [7, 11) is -3.93. The molecule has 7 heteroatoms. The standard InChI is InChI=1S/C13H17NO5S/c1-3-8-14-9-12(18-13(14)15)19-20(16,17)11-6-4-10(2)5-7-11/h4-7,12H,3,8-9H2,1-2H3. The van der Waals surface area contributed by atoms with Crippen molar-refractivity contribution < 1.29 is 22.1 Å². The summed E-state index contributed by atoms with van der Waals surface area (Å²) < 4.78 is 33.9. The van der Waals surface area contributed by atoms with E-state index in [0.717, 1.165) is 12.0 Å². The fourth-order valence-electron chi connectivity index (χ4n) is 1.88. The van der Waals surface area contributed by atoms with Crippen molar-refractivity contribution in [3.63, 3.8) is 0 Å².